The number of allylic oxidation sites excluding steroid dienone is 2. The van der Waals surface area contributed by atoms with Crippen LogP contribution in [0.5, 0.6) is 0 Å². The molecule has 0 fully saturated rings. The van der Waals surface area contributed by atoms with E-state index in [1.54, 1.807) is 25.2 Å². The SMILES string of the molecule is C/C=C/C(=C\CC)C(=O)O. The molecule has 0 aromatic rings. The van der Waals surface area contributed by atoms with Crippen LogP contribution in [0.2, 0.25) is 0 Å². The summed E-state index contributed by atoms with van der Waals surface area (Å²) in [7, 11) is 0. The van der Waals surface area contributed by atoms with Crippen molar-refractivity contribution in [1.29, 1.82) is 0 Å². The summed E-state index contributed by atoms with van der Waals surface area (Å²) in [4.78, 5) is 10.4. The molecule has 0 saturated heterocycles. The van der Waals surface area contributed by atoms with Crippen LogP contribution in [0.25, 0.3) is 0 Å². The second-order valence-corrected chi connectivity index (χ2v) is 1.87. The zero-order valence-electron chi connectivity index (χ0n) is 6.29. The van der Waals surface area contributed by atoms with E-state index in [1.807, 2.05) is 6.92 Å². The van der Waals surface area contributed by atoms with Crippen LogP contribution in [-0.4, -0.2) is 11.1 Å². The Balaban J connectivity index is 4.26. The van der Waals surface area contributed by atoms with Gasteiger partial charge in [0.2, 0.25) is 0 Å². The van der Waals surface area contributed by atoms with Crippen LogP contribution >= 0.6 is 0 Å². The Morgan fingerprint density at radius 2 is 2.20 bits per heavy atom. The zero-order chi connectivity index (χ0) is 7.98. The first-order valence-corrected chi connectivity index (χ1v) is 3.28. The maximum atomic E-state index is 10.4. The van der Waals surface area contributed by atoms with Crippen molar-refractivity contribution in [3.63, 3.8) is 0 Å². The van der Waals surface area contributed by atoms with Gasteiger partial charge in [0.1, 0.15) is 0 Å². The summed E-state index contributed by atoms with van der Waals surface area (Å²) in [5.41, 5.74) is 0.366. The lowest BCUT2D eigenvalue weighted by molar-refractivity contribution is -0.132. The van der Waals surface area contributed by atoms with Gasteiger partial charge in [-0.05, 0) is 13.3 Å². The molecule has 0 aromatic heterocycles. The number of hydrogen-bond acceptors (Lipinski definition) is 1. The van der Waals surface area contributed by atoms with Gasteiger partial charge in [0.05, 0.1) is 5.57 Å². The van der Waals surface area contributed by atoms with Crippen molar-refractivity contribution in [3.8, 4) is 0 Å². The normalized spacial score (nSPS) is 12.4. The van der Waals surface area contributed by atoms with Gasteiger partial charge in [0.15, 0.2) is 0 Å². The topological polar surface area (TPSA) is 37.3 Å². The van der Waals surface area contributed by atoms with Crippen molar-refractivity contribution >= 4 is 5.97 Å². The molecule has 0 aliphatic carbocycles. The summed E-state index contributed by atoms with van der Waals surface area (Å²) >= 11 is 0. The quantitative estimate of drug-likeness (QED) is 0.480. The Morgan fingerprint density at radius 1 is 1.60 bits per heavy atom. The van der Waals surface area contributed by atoms with Crippen LogP contribution in [0.3, 0.4) is 0 Å². The van der Waals surface area contributed by atoms with Gasteiger partial charge < -0.3 is 5.11 Å². The molecule has 0 heterocycles. The summed E-state index contributed by atoms with van der Waals surface area (Å²) in [5, 5.41) is 8.52. The number of carboxylic acids is 1. The molecule has 0 aliphatic heterocycles. The monoisotopic (exact) mass is 140 g/mol. The van der Waals surface area contributed by atoms with Crippen molar-refractivity contribution in [3.05, 3.63) is 23.8 Å². The minimum atomic E-state index is -0.861. The lowest BCUT2D eigenvalue weighted by atomic mass is 10.2. The maximum Gasteiger partial charge on any atom is 0.335 e. The number of aliphatic carboxylic acids is 1. The van der Waals surface area contributed by atoms with Gasteiger partial charge in [-0.2, -0.15) is 0 Å². The number of hydrogen-bond donors (Lipinski definition) is 1. The fourth-order valence-corrected chi connectivity index (χ4v) is 0.626. The first kappa shape index (κ1) is 8.95. The Labute approximate surface area is 60.9 Å². The largest absolute Gasteiger partial charge is 0.478 e. The van der Waals surface area contributed by atoms with Gasteiger partial charge in [-0.1, -0.05) is 25.2 Å². The summed E-state index contributed by atoms with van der Waals surface area (Å²) in [6.45, 7) is 3.71. The highest BCUT2D eigenvalue weighted by atomic mass is 16.4. The third-order valence-corrected chi connectivity index (χ3v) is 1.02. The van der Waals surface area contributed by atoms with E-state index in [2.05, 4.69) is 0 Å². The number of carbonyl (C=O) groups is 1. The smallest absolute Gasteiger partial charge is 0.335 e. The number of rotatable bonds is 3. The molecule has 1 N–H and O–H groups in total. The fraction of sp³-hybridized carbons (Fsp3) is 0.375. The molecule has 2 heteroatoms. The highest BCUT2D eigenvalue weighted by Gasteiger charge is 1.99. The van der Waals surface area contributed by atoms with E-state index < -0.39 is 5.97 Å². The minimum absolute atomic E-state index is 0.366. The molecular formula is C8H12O2. The third-order valence-electron chi connectivity index (χ3n) is 1.02. The van der Waals surface area contributed by atoms with Crippen LogP contribution in [0.1, 0.15) is 20.3 Å². The van der Waals surface area contributed by atoms with Crippen LogP contribution < -0.4 is 0 Å². The van der Waals surface area contributed by atoms with Crippen LogP contribution in [0, 0.1) is 0 Å². The zero-order valence-corrected chi connectivity index (χ0v) is 6.29. The predicted molar refractivity (Wildman–Crippen MR) is 40.8 cm³/mol. The van der Waals surface area contributed by atoms with Crippen molar-refractivity contribution in [1.82, 2.24) is 0 Å². The second-order valence-electron chi connectivity index (χ2n) is 1.87. The lowest BCUT2D eigenvalue weighted by Crippen LogP contribution is -1.96. The summed E-state index contributed by atoms with van der Waals surface area (Å²) < 4.78 is 0. The highest BCUT2D eigenvalue weighted by molar-refractivity contribution is 5.89. The molecule has 0 bridgehead atoms. The minimum Gasteiger partial charge on any atom is -0.478 e. The Bertz CT molecular complexity index is 166. The van der Waals surface area contributed by atoms with E-state index in [1.165, 1.54) is 0 Å². The Morgan fingerprint density at radius 3 is 2.50 bits per heavy atom. The molecule has 0 spiro atoms. The lowest BCUT2D eigenvalue weighted by Gasteiger charge is -1.90. The molecular weight excluding hydrogens is 128 g/mol. The molecule has 10 heavy (non-hydrogen) atoms. The first-order valence-electron chi connectivity index (χ1n) is 3.28. The average molecular weight is 140 g/mol. The molecule has 2 nitrogen and oxygen atoms in total. The van der Waals surface area contributed by atoms with Gasteiger partial charge in [-0.25, -0.2) is 4.79 Å². The van der Waals surface area contributed by atoms with Gasteiger partial charge >= 0.3 is 5.97 Å². The third kappa shape index (κ3) is 3.07. The molecule has 0 unspecified atom stereocenters. The van der Waals surface area contributed by atoms with Crippen molar-refractivity contribution in [2.75, 3.05) is 0 Å². The van der Waals surface area contributed by atoms with Crippen molar-refractivity contribution in [2.24, 2.45) is 0 Å². The van der Waals surface area contributed by atoms with Crippen molar-refractivity contribution < 1.29 is 9.90 Å². The average Bonchev–Trinajstić information content (AvgIpc) is 1.87. The molecule has 0 aromatic carbocycles. The van der Waals surface area contributed by atoms with Crippen LogP contribution in [0.15, 0.2) is 23.8 Å². The summed E-state index contributed by atoms with van der Waals surface area (Å²) in [5.74, 6) is -0.861. The number of carboxylic acid groups (broad SMARTS) is 1. The van der Waals surface area contributed by atoms with E-state index in [-0.39, 0.29) is 0 Å². The van der Waals surface area contributed by atoms with Gasteiger partial charge in [0.25, 0.3) is 0 Å². The standard InChI is InChI=1S/C8H12O2/c1-3-5-7(6-4-2)8(9)10/h3,5-6H,4H2,1-2H3,(H,9,10)/b5-3+,7-6+. The maximum absolute atomic E-state index is 10.4. The highest BCUT2D eigenvalue weighted by Crippen LogP contribution is 1.98. The van der Waals surface area contributed by atoms with Gasteiger partial charge in [0, 0.05) is 0 Å². The molecule has 0 amide bonds. The molecule has 0 radical (unpaired) electrons. The van der Waals surface area contributed by atoms with E-state index in [0.29, 0.717) is 5.57 Å². The summed E-state index contributed by atoms with van der Waals surface area (Å²) in [6.07, 6.45) is 5.75. The van der Waals surface area contributed by atoms with E-state index >= 15 is 0 Å². The van der Waals surface area contributed by atoms with Crippen LogP contribution in [0.4, 0.5) is 0 Å². The van der Waals surface area contributed by atoms with Crippen LogP contribution in [-0.2, 0) is 4.79 Å². The molecule has 0 saturated carbocycles. The predicted octanol–water partition coefficient (Wildman–Crippen LogP) is 1.98. The summed E-state index contributed by atoms with van der Waals surface area (Å²) in [6, 6.07) is 0. The van der Waals surface area contributed by atoms with Crippen molar-refractivity contribution in [2.45, 2.75) is 20.3 Å². The second kappa shape index (κ2) is 4.79. The Kier molecular flexibility index (Phi) is 4.29. The fourth-order valence-electron chi connectivity index (χ4n) is 0.626. The van der Waals surface area contributed by atoms with Gasteiger partial charge in [-0.3, -0.25) is 0 Å². The van der Waals surface area contributed by atoms with E-state index in [4.69, 9.17) is 5.11 Å². The molecule has 0 atom stereocenters. The molecule has 56 valence electrons. The van der Waals surface area contributed by atoms with E-state index in [0.717, 1.165) is 6.42 Å². The van der Waals surface area contributed by atoms with E-state index in [9.17, 15) is 4.79 Å². The molecule has 0 rings (SSSR count). The Hall–Kier alpha value is -1.05. The van der Waals surface area contributed by atoms with Gasteiger partial charge in [-0.15, -0.1) is 0 Å². The molecule has 0 aliphatic rings. The first-order chi connectivity index (χ1) is 4.72.